The Bertz CT molecular complexity index is 1540. The molecule has 5 rings (SSSR count). The van der Waals surface area contributed by atoms with Gasteiger partial charge in [0, 0.05) is 56.1 Å². The Morgan fingerprint density at radius 3 is 2.65 bits per heavy atom. The van der Waals surface area contributed by atoms with Gasteiger partial charge in [0.2, 0.25) is 0 Å². The normalized spacial score (nSPS) is 11.8. The Labute approximate surface area is 197 Å². The molecule has 170 valence electrons. The zero-order valence-electron chi connectivity index (χ0n) is 19.7. The number of aromatic nitrogens is 5. The van der Waals surface area contributed by atoms with Crippen molar-refractivity contribution in [1.82, 2.24) is 25.1 Å². The van der Waals surface area contributed by atoms with Crippen LogP contribution in [0.1, 0.15) is 6.92 Å². The predicted octanol–water partition coefficient (Wildman–Crippen LogP) is 5.23. The summed E-state index contributed by atoms with van der Waals surface area (Å²) in [5, 5.41) is 9.83. The van der Waals surface area contributed by atoms with E-state index in [2.05, 4.69) is 67.2 Å². The van der Waals surface area contributed by atoms with Gasteiger partial charge in [0.05, 0.1) is 34.3 Å². The van der Waals surface area contributed by atoms with Crippen LogP contribution in [0.2, 0.25) is 0 Å². The van der Waals surface area contributed by atoms with Crippen molar-refractivity contribution < 1.29 is 0 Å². The lowest BCUT2D eigenvalue weighted by atomic mass is 10.0. The number of benzene rings is 1. The van der Waals surface area contributed by atoms with Crippen molar-refractivity contribution in [2.75, 3.05) is 30.9 Å². The van der Waals surface area contributed by atoms with Crippen LogP contribution in [-0.4, -0.2) is 53.0 Å². The molecule has 5 aromatic rings. The maximum absolute atomic E-state index is 4.63. The smallest absolute Gasteiger partial charge is 0.141 e. The fourth-order valence-electron chi connectivity index (χ4n) is 4.06. The van der Waals surface area contributed by atoms with Crippen LogP contribution in [0.4, 0.5) is 11.5 Å². The number of pyridine rings is 2. The number of aromatic amines is 2. The van der Waals surface area contributed by atoms with Crippen LogP contribution < -0.4 is 9.80 Å². The number of anilines is 2. The third kappa shape index (κ3) is 3.79. The lowest BCUT2D eigenvalue weighted by Gasteiger charge is -2.14. The first-order valence-corrected chi connectivity index (χ1v) is 10.9. The zero-order valence-corrected chi connectivity index (χ0v) is 19.7. The van der Waals surface area contributed by atoms with Crippen molar-refractivity contribution >= 4 is 40.0 Å². The molecule has 4 heterocycles. The Hall–Kier alpha value is -4.46. The van der Waals surface area contributed by atoms with Gasteiger partial charge in [0.15, 0.2) is 0 Å². The number of H-pyrrole nitrogens is 2. The molecule has 4 aromatic heterocycles. The van der Waals surface area contributed by atoms with Gasteiger partial charge >= 0.3 is 0 Å². The van der Waals surface area contributed by atoms with E-state index in [1.807, 2.05) is 62.5 Å². The number of rotatable bonds is 6. The average molecular weight is 451 g/mol. The van der Waals surface area contributed by atoms with E-state index in [-0.39, 0.29) is 0 Å². The SMILES string of the molecule is C=N/C(C)=C\N(C)c1nccc2[nH]c(-c3n[nH]c4ccc(-c5cncc(N(C)C)c5)cc34)cc12. The van der Waals surface area contributed by atoms with E-state index >= 15 is 0 Å². The highest BCUT2D eigenvalue weighted by atomic mass is 15.2. The summed E-state index contributed by atoms with van der Waals surface area (Å²) in [6.07, 6.45) is 7.45. The fraction of sp³-hybridized carbons (Fsp3) is 0.154. The van der Waals surface area contributed by atoms with Crippen LogP contribution in [0, 0.1) is 0 Å². The minimum atomic E-state index is 0.815. The second-order valence-electron chi connectivity index (χ2n) is 8.48. The lowest BCUT2D eigenvalue weighted by molar-refractivity contribution is 1.11. The van der Waals surface area contributed by atoms with Gasteiger partial charge in [0.25, 0.3) is 0 Å². The van der Waals surface area contributed by atoms with Gasteiger partial charge in [0.1, 0.15) is 11.5 Å². The van der Waals surface area contributed by atoms with Gasteiger partial charge in [-0.25, -0.2) is 4.98 Å². The standard InChI is InChI=1S/C26H26N8/c1-16(27-2)15-34(5)26-21-12-24(30-22(21)8-9-29-26)25-20-11-17(6-7-23(20)31-32-25)18-10-19(33(3)4)14-28-13-18/h6-15,30H,2H2,1,3-5H3,(H,31,32)/b16-15-. The molecule has 1 aromatic carbocycles. The van der Waals surface area contributed by atoms with Crippen molar-refractivity contribution in [3.05, 3.63) is 66.9 Å². The van der Waals surface area contributed by atoms with Crippen LogP contribution in [0.25, 0.3) is 44.3 Å². The minimum Gasteiger partial charge on any atom is -0.376 e. The summed E-state index contributed by atoms with van der Waals surface area (Å²) < 4.78 is 0. The highest BCUT2D eigenvalue weighted by molar-refractivity contribution is 6.00. The summed E-state index contributed by atoms with van der Waals surface area (Å²) in [6.45, 7) is 5.50. The van der Waals surface area contributed by atoms with Gasteiger partial charge in [-0.05, 0) is 49.5 Å². The van der Waals surface area contributed by atoms with Crippen LogP contribution in [0.3, 0.4) is 0 Å². The summed E-state index contributed by atoms with van der Waals surface area (Å²) in [4.78, 5) is 20.5. The Morgan fingerprint density at radius 1 is 1.00 bits per heavy atom. The lowest BCUT2D eigenvalue weighted by Crippen LogP contribution is -2.10. The Kier molecular flexibility index (Phi) is 5.33. The van der Waals surface area contributed by atoms with Gasteiger partial charge in [-0.15, -0.1) is 0 Å². The molecule has 0 bridgehead atoms. The molecule has 0 radical (unpaired) electrons. The monoisotopic (exact) mass is 450 g/mol. The van der Waals surface area contributed by atoms with E-state index in [0.29, 0.717) is 0 Å². The second kappa shape index (κ2) is 8.47. The van der Waals surface area contributed by atoms with E-state index < -0.39 is 0 Å². The molecule has 0 amide bonds. The molecular weight excluding hydrogens is 424 g/mol. The van der Waals surface area contributed by atoms with E-state index in [0.717, 1.165) is 61.5 Å². The van der Waals surface area contributed by atoms with Crippen molar-refractivity contribution in [3.63, 3.8) is 0 Å². The van der Waals surface area contributed by atoms with Gasteiger partial charge in [-0.2, -0.15) is 5.10 Å². The molecular formula is C26H26N8. The first-order valence-electron chi connectivity index (χ1n) is 10.9. The quantitative estimate of drug-likeness (QED) is 0.346. The summed E-state index contributed by atoms with van der Waals surface area (Å²) in [5.74, 6) is 0.829. The summed E-state index contributed by atoms with van der Waals surface area (Å²) in [5.41, 5.74) is 7.75. The summed E-state index contributed by atoms with van der Waals surface area (Å²) in [7, 11) is 5.98. The van der Waals surface area contributed by atoms with Crippen LogP contribution >= 0.6 is 0 Å². The number of nitrogens with one attached hydrogen (secondary N) is 2. The topological polar surface area (TPSA) is 89.1 Å². The molecule has 0 saturated heterocycles. The molecule has 2 N–H and O–H groups in total. The van der Waals surface area contributed by atoms with Crippen LogP contribution in [-0.2, 0) is 0 Å². The molecule has 0 atom stereocenters. The average Bonchev–Trinajstić information content (AvgIpc) is 3.47. The fourth-order valence-corrected chi connectivity index (χ4v) is 4.06. The van der Waals surface area contributed by atoms with Gasteiger partial charge < -0.3 is 14.8 Å². The molecule has 0 spiro atoms. The molecule has 0 aliphatic carbocycles. The van der Waals surface area contributed by atoms with Gasteiger partial charge in [-0.3, -0.25) is 15.1 Å². The van der Waals surface area contributed by atoms with Crippen molar-refractivity contribution in [3.8, 4) is 22.5 Å². The van der Waals surface area contributed by atoms with E-state index in [1.165, 1.54) is 0 Å². The van der Waals surface area contributed by atoms with Crippen LogP contribution in [0.5, 0.6) is 0 Å². The number of aliphatic imine (C=N–C) groups is 1. The first-order chi connectivity index (χ1) is 16.4. The second-order valence-corrected chi connectivity index (χ2v) is 8.48. The number of hydrogen-bond acceptors (Lipinski definition) is 6. The Balaban J connectivity index is 1.60. The van der Waals surface area contributed by atoms with Crippen LogP contribution in [0.15, 0.2) is 71.9 Å². The van der Waals surface area contributed by atoms with E-state index in [1.54, 1.807) is 6.20 Å². The summed E-state index contributed by atoms with van der Waals surface area (Å²) >= 11 is 0. The molecule has 34 heavy (non-hydrogen) atoms. The molecule has 0 aliphatic heterocycles. The number of fused-ring (bicyclic) bond motifs is 2. The van der Waals surface area contributed by atoms with Gasteiger partial charge in [-0.1, -0.05) is 6.07 Å². The molecule has 8 nitrogen and oxygen atoms in total. The maximum atomic E-state index is 4.63. The largest absolute Gasteiger partial charge is 0.376 e. The van der Waals surface area contributed by atoms with Crippen molar-refractivity contribution in [2.45, 2.75) is 6.92 Å². The number of nitrogens with zero attached hydrogens (tertiary/aromatic N) is 6. The molecule has 8 heteroatoms. The zero-order chi connectivity index (χ0) is 23.8. The first kappa shape index (κ1) is 21.4. The third-order valence-corrected chi connectivity index (χ3v) is 5.88. The molecule has 0 aliphatic rings. The summed E-state index contributed by atoms with van der Waals surface area (Å²) in [6, 6.07) is 12.5. The molecule has 0 fully saturated rings. The van der Waals surface area contributed by atoms with E-state index in [9.17, 15) is 0 Å². The van der Waals surface area contributed by atoms with Crippen molar-refractivity contribution in [2.24, 2.45) is 4.99 Å². The Morgan fingerprint density at radius 2 is 1.85 bits per heavy atom. The highest BCUT2D eigenvalue weighted by Crippen LogP contribution is 2.34. The molecule has 0 saturated carbocycles. The minimum absolute atomic E-state index is 0.815. The predicted molar refractivity (Wildman–Crippen MR) is 140 cm³/mol. The molecule has 0 unspecified atom stereocenters. The number of allylic oxidation sites excluding steroid dienone is 1. The van der Waals surface area contributed by atoms with E-state index in [4.69, 9.17) is 0 Å². The maximum Gasteiger partial charge on any atom is 0.141 e. The third-order valence-electron chi connectivity index (χ3n) is 5.88. The number of hydrogen-bond donors (Lipinski definition) is 2. The highest BCUT2D eigenvalue weighted by Gasteiger charge is 2.15. The van der Waals surface area contributed by atoms with Crippen molar-refractivity contribution in [1.29, 1.82) is 0 Å².